The quantitative estimate of drug-likeness (QED) is 0.376. The molecule has 0 bridgehead atoms. The van der Waals surface area contributed by atoms with Crippen LogP contribution in [0.3, 0.4) is 0 Å². The molecule has 0 unspecified atom stereocenters. The van der Waals surface area contributed by atoms with Crippen molar-refractivity contribution in [1.82, 2.24) is 5.48 Å². The van der Waals surface area contributed by atoms with E-state index in [0.29, 0.717) is 6.42 Å². The monoisotopic (exact) mass is 169 g/mol. The zero-order valence-corrected chi connectivity index (χ0v) is 7.18. The van der Waals surface area contributed by atoms with E-state index in [1.165, 1.54) is 24.8 Å². The Bertz CT molecular complexity index is 179. The fraction of sp³-hybridized carbons (Fsp3) is 0.667. The van der Waals surface area contributed by atoms with E-state index in [2.05, 4.69) is 0 Å². The molecule has 1 fully saturated rings. The fourth-order valence-electron chi connectivity index (χ4n) is 1.49. The van der Waals surface area contributed by atoms with Crippen LogP contribution < -0.4 is 5.48 Å². The van der Waals surface area contributed by atoms with E-state index in [4.69, 9.17) is 5.21 Å². The van der Waals surface area contributed by atoms with Crippen LogP contribution in [0.4, 0.5) is 0 Å². The molecule has 0 aromatic rings. The molecule has 0 aromatic heterocycles. The Labute approximate surface area is 72.4 Å². The Morgan fingerprint density at radius 1 is 1.42 bits per heavy atom. The predicted octanol–water partition coefficient (Wildman–Crippen LogP) is 1.77. The van der Waals surface area contributed by atoms with Gasteiger partial charge < -0.3 is 0 Å². The number of allylic oxidation sites excluding steroid dienone is 1. The number of amides is 1. The maximum atomic E-state index is 10.6. The molecule has 2 N–H and O–H groups in total. The first kappa shape index (κ1) is 9.26. The molecule has 3 nitrogen and oxygen atoms in total. The summed E-state index contributed by atoms with van der Waals surface area (Å²) in [5.41, 5.74) is 2.99. The second-order valence-electron chi connectivity index (χ2n) is 3.16. The number of hydrogen-bond donors (Lipinski definition) is 2. The lowest BCUT2D eigenvalue weighted by Crippen LogP contribution is -2.17. The first-order valence-electron chi connectivity index (χ1n) is 4.44. The van der Waals surface area contributed by atoms with E-state index >= 15 is 0 Å². The smallest absolute Gasteiger partial charge is 0.247 e. The molecule has 0 heterocycles. The van der Waals surface area contributed by atoms with Crippen LogP contribution in [0.5, 0.6) is 0 Å². The Morgan fingerprint density at radius 3 is 2.67 bits per heavy atom. The Kier molecular flexibility index (Phi) is 3.80. The summed E-state index contributed by atoms with van der Waals surface area (Å²) in [4.78, 5) is 10.6. The molecule has 0 spiro atoms. The van der Waals surface area contributed by atoms with Gasteiger partial charge in [-0.15, -0.1) is 0 Å². The van der Waals surface area contributed by atoms with Gasteiger partial charge in [-0.3, -0.25) is 10.0 Å². The maximum absolute atomic E-state index is 10.6. The number of rotatable bonds is 2. The topological polar surface area (TPSA) is 49.3 Å². The highest BCUT2D eigenvalue weighted by molar-refractivity contribution is 5.76. The highest BCUT2D eigenvalue weighted by Crippen LogP contribution is 2.22. The standard InChI is InChI=1S/C9H15NO2/c11-9(10-12)7-6-8-4-2-1-3-5-8/h6,12H,1-5,7H2,(H,10,11). The molecule has 1 amide bonds. The first-order valence-corrected chi connectivity index (χ1v) is 4.44. The molecule has 0 atom stereocenters. The Morgan fingerprint density at radius 2 is 2.08 bits per heavy atom. The lowest BCUT2D eigenvalue weighted by molar-refractivity contribution is -0.128. The van der Waals surface area contributed by atoms with Crippen molar-refractivity contribution >= 4 is 5.91 Å². The van der Waals surface area contributed by atoms with E-state index in [9.17, 15) is 4.79 Å². The van der Waals surface area contributed by atoms with Gasteiger partial charge in [-0.1, -0.05) is 18.1 Å². The number of nitrogens with one attached hydrogen (secondary N) is 1. The third-order valence-corrected chi connectivity index (χ3v) is 2.20. The van der Waals surface area contributed by atoms with Gasteiger partial charge in [-0.2, -0.15) is 0 Å². The zero-order chi connectivity index (χ0) is 8.81. The van der Waals surface area contributed by atoms with Gasteiger partial charge in [-0.25, -0.2) is 5.48 Å². The number of hydroxylamine groups is 1. The molecule has 1 saturated carbocycles. The summed E-state index contributed by atoms with van der Waals surface area (Å²) in [7, 11) is 0. The maximum Gasteiger partial charge on any atom is 0.247 e. The molecule has 0 aliphatic heterocycles. The summed E-state index contributed by atoms with van der Waals surface area (Å²) in [6.07, 6.45) is 8.29. The Hall–Kier alpha value is -0.830. The minimum Gasteiger partial charge on any atom is -0.289 e. The minimum absolute atomic E-state index is 0.311. The summed E-state index contributed by atoms with van der Waals surface area (Å²) >= 11 is 0. The summed E-state index contributed by atoms with van der Waals surface area (Å²) < 4.78 is 0. The largest absolute Gasteiger partial charge is 0.289 e. The highest BCUT2D eigenvalue weighted by atomic mass is 16.5. The van der Waals surface area contributed by atoms with Crippen molar-refractivity contribution in [1.29, 1.82) is 0 Å². The molecule has 1 aliphatic rings. The Balaban J connectivity index is 2.29. The van der Waals surface area contributed by atoms with Gasteiger partial charge in [0.1, 0.15) is 0 Å². The molecule has 12 heavy (non-hydrogen) atoms. The summed E-state index contributed by atoms with van der Waals surface area (Å²) in [6.45, 7) is 0. The highest BCUT2D eigenvalue weighted by Gasteiger charge is 2.05. The van der Waals surface area contributed by atoms with Crippen LogP contribution in [0.2, 0.25) is 0 Å². The van der Waals surface area contributed by atoms with Crippen LogP contribution in [0, 0.1) is 0 Å². The van der Waals surface area contributed by atoms with Crippen molar-refractivity contribution in [2.45, 2.75) is 38.5 Å². The van der Waals surface area contributed by atoms with Crippen molar-refractivity contribution in [2.75, 3.05) is 0 Å². The minimum atomic E-state index is -0.326. The fourth-order valence-corrected chi connectivity index (χ4v) is 1.49. The van der Waals surface area contributed by atoms with E-state index in [-0.39, 0.29) is 5.91 Å². The molecule has 1 aliphatic carbocycles. The van der Waals surface area contributed by atoms with Crippen molar-refractivity contribution in [3.8, 4) is 0 Å². The molecule has 68 valence electrons. The molecule has 0 radical (unpaired) electrons. The van der Waals surface area contributed by atoms with E-state index in [0.717, 1.165) is 12.8 Å². The SMILES string of the molecule is O=C(CC=C1CCCCC1)NO. The molecular formula is C9H15NO2. The van der Waals surface area contributed by atoms with Gasteiger partial charge in [-0.05, 0) is 25.7 Å². The van der Waals surface area contributed by atoms with Crippen molar-refractivity contribution < 1.29 is 10.0 Å². The molecule has 0 saturated heterocycles. The first-order chi connectivity index (χ1) is 5.83. The summed E-state index contributed by atoms with van der Waals surface area (Å²) in [5.74, 6) is -0.326. The average Bonchev–Trinajstić information content (AvgIpc) is 2.16. The van der Waals surface area contributed by atoms with Crippen molar-refractivity contribution in [3.05, 3.63) is 11.6 Å². The second-order valence-corrected chi connectivity index (χ2v) is 3.16. The van der Waals surface area contributed by atoms with Gasteiger partial charge >= 0.3 is 0 Å². The van der Waals surface area contributed by atoms with E-state index in [1.807, 2.05) is 6.08 Å². The molecule has 0 aromatic carbocycles. The summed E-state index contributed by atoms with van der Waals surface area (Å²) in [6, 6.07) is 0. The van der Waals surface area contributed by atoms with Crippen LogP contribution >= 0.6 is 0 Å². The lowest BCUT2D eigenvalue weighted by Gasteiger charge is -2.12. The van der Waals surface area contributed by atoms with Gasteiger partial charge in [0.25, 0.3) is 0 Å². The molecular weight excluding hydrogens is 154 g/mol. The van der Waals surface area contributed by atoms with Gasteiger partial charge in [0, 0.05) is 6.42 Å². The van der Waals surface area contributed by atoms with Crippen LogP contribution in [0.25, 0.3) is 0 Å². The van der Waals surface area contributed by atoms with Crippen LogP contribution in [-0.4, -0.2) is 11.1 Å². The third kappa shape index (κ3) is 3.05. The van der Waals surface area contributed by atoms with Crippen LogP contribution in [-0.2, 0) is 4.79 Å². The van der Waals surface area contributed by atoms with Gasteiger partial charge in [0.15, 0.2) is 0 Å². The number of hydrogen-bond acceptors (Lipinski definition) is 2. The van der Waals surface area contributed by atoms with E-state index in [1.54, 1.807) is 5.48 Å². The third-order valence-electron chi connectivity index (χ3n) is 2.20. The predicted molar refractivity (Wildman–Crippen MR) is 45.7 cm³/mol. The molecule has 3 heteroatoms. The van der Waals surface area contributed by atoms with Crippen LogP contribution in [0.1, 0.15) is 38.5 Å². The zero-order valence-electron chi connectivity index (χ0n) is 7.18. The molecule has 1 rings (SSSR count). The average molecular weight is 169 g/mol. The second kappa shape index (κ2) is 4.93. The van der Waals surface area contributed by atoms with Crippen molar-refractivity contribution in [3.63, 3.8) is 0 Å². The lowest BCUT2D eigenvalue weighted by atomic mass is 9.94. The van der Waals surface area contributed by atoms with Crippen molar-refractivity contribution in [2.24, 2.45) is 0 Å². The number of carbonyl (C=O) groups is 1. The van der Waals surface area contributed by atoms with Crippen LogP contribution in [0.15, 0.2) is 11.6 Å². The summed E-state index contributed by atoms with van der Waals surface area (Å²) in [5, 5.41) is 8.24. The van der Waals surface area contributed by atoms with Gasteiger partial charge in [0.05, 0.1) is 0 Å². The number of carbonyl (C=O) groups excluding carboxylic acids is 1. The normalized spacial score (nSPS) is 17.2. The van der Waals surface area contributed by atoms with E-state index < -0.39 is 0 Å². The van der Waals surface area contributed by atoms with Gasteiger partial charge in [0.2, 0.25) is 5.91 Å².